The summed E-state index contributed by atoms with van der Waals surface area (Å²) in [7, 11) is 0. The second-order valence-corrected chi connectivity index (χ2v) is 4.22. The highest BCUT2D eigenvalue weighted by molar-refractivity contribution is 6.28. The number of rotatable bonds is 0. The lowest BCUT2D eigenvalue weighted by Gasteiger charge is -2.19. The third kappa shape index (κ3) is 2.06. The first kappa shape index (κ1) is 11.4. The van der Waals surface area contributed by atoms with E-state index in [1.165, 1.54) is 12.3 Å². The van der Waals surface area contributed by atoms with Crippen LogP contribution in [-0.2, 0) is 11.3 Å². The van der Waals surface area contributed by atoms with Crippen LogP contribution in [0.25, 0.3) is 6.08 Å². The third-order valence-electron chi connectivity index (χ3n) is 3.01. The molecule has 0 aromatic carbocycles. The second-order valence-electron chi connectivity index (χ2n) is 4.22. The first-order valence-corrected chi connectivity index (χ1v) is 5.86. The Hall–Kier alpha value is -2.69. The lowest BCUT2D eigenvalue weighted by Crippen LogP contribution is -2.30. The molecule has 0 saturated carbocycles. The van der Waals surface area contributed by atoms with E-state index in [0.717, 1.165) is 10.4 Å². The van der Waals surface area contributed by atoms with Crippen molar-refractivity contribution in [3.63, 3.8) is 0 Å². The van der Waals surface area contributed by atoms with E-state index in [2.05, 4.69) is 4.98 Å². The molecule has 0 unspecified atom stereocenters. The maximum atomic E-state index is 11.8. The normalized spacial score (nSPS) is 16.4. The van der Waals surface area contributed by atoms with Crippen LogP contribution in [0.2, 0.25) is 0 Å². The predicted molar refractivity (Wildman–Crippen MR) is 70.6 cm³/mol. The van der Waals surface area contributed by atoms with Crippen molar-refractivity contribution in [2.75, 3.05) is 0 Å². The van der Waals surface area contributed by atoms with Gasteiger partial charge < -0.3 is 9.77 Å². The third-order valence-corrected chi connectivity index (χ3v) is 3.01. The molecule has 1 aromatic rings. The number of fused-ring (bicyclic) bond motifs is 2. The summed E-state index contributed by atoms with van der Waals surface area (Å²) in [6.07, 6.45) is 9.43. The fourth-order valence-electron chi connectivity index (χ4n) is 2.06. The van der Waals surface area contributed by atoms with Gasteiger partial charge in [0.05, 0.1) is 23.5 Å². The fraction of sp³-hybridized carbons (Fsp3) is 0.0714. The number of carbonyl (C=O) groups is 1. The van der Waals surface area contributed by atoms with Gasteiger partial charge in [0.15, 0.2) is 12.0 Å². The molecule has 0 spiro atoms. The largest absolute Gasteiger partial charge is 0.618 e. The van der Waals surface area contributed by atoms with Crippen molar-refractivity contribution in [1.82, 2.24) is 9.55 Å². The van der Waals surface area contributed by atoms with Crippen LogP contribution in [0.5, 0.6) is 0 Å². The van der Waals surface area contributed by atoms with Crippen LogP contribution in [0.15, 0.2) is 54.6 Å². The molecule has 0 amide bonds. The van der Waals surface area contributed by atoms with E-state index < -0.39 is 0 Å². The molecular weight excluding hydrogens is 242 g/mol. The van der Waals surface area contributed by atoms with E-state index in [4.69, 9.17) is 0 Å². The molecule has 94 valence electrons. The minimum atomic E-state index is -0.145. The molecule has 0 aliphatic carbocycles. The molecule has 3 rings (SSSR count). The van der Waals surface area contributed by atoms with Crippen molar-refractivity contribution < 1.29 is 9.53 Å². The molecule has 2 aliphatic heterocycles. The smallest absolute Gasteiger partial charge is 0.223 e. The van der Waals surface area contributed by atoms with Gasteiger partial charge in [0.2, 0.25) is 5.71 Å². The van der Waals surface area contributed by atoms with Crippen molar-refractivity contribution in [3.05, 3.63) is 65.5 Å². The highest BCUT2D eigenvalue weighted by Crippen LogP contribution is 2.18. The molecule has 5 heteroatoms. The van der Waals surface area contributed by atoms with Gasteiger partial charge in [-0.1, -0.05) is 6.07 Å². The highest BCUT2D eigenvalue weighted by atomic mass is 16.5. The Morgan fingerprint density at radius 2 is 2.21 bits per heavy atom. The van der Waals surface area contributed by atoms with E-state index >= 15 is 0 Å². The quantitative estimate of drug-likeness (QED) is 0.519. The van der Waals surface area contributed by atoms with E-state index in [1.54, 1.807) is 18.5 Å². The van der Waals surface area contributed by atoms with Crippen LogP contribution in [-0.4, -0.2) is 25.8 Å². The summed E-state index contributed by atoms with van der Waals surface area (Å²) in [5, 5.41) is 11.8. The van der Waals surface area contributed by atoms with E-state index in [-0.39, 0.29) is 5.78 Å². The average Bonchev–Trinajstić information content (AvgIpc) is 2.53. The van der Waals surface area contributed by atoms with Crippen LogP contribution < -0.4 is 0 Å². The van der Waals surface area contributed by atoms with Crippen molar-refractivity contribution in [3.8, 4) is 0 Å². The summed E-state index contributed by atoms with van der Waals surface area (Å²) in [6.45, 7) is 0.358. The van der Waals surface area contributed by atoms with Crippen LogP contribution in [0.1, 0.15) is 5.69 Å². The molecule has 0 N–H and O–H groups in total. The molecule has 0 radical (unpaired) electrons. The van der Waals surface area contributed by atoms with Gasteiger partial charge in [-0.05, 0) is 18.2 Å². The number of ketones is 1. The van der Waals surface area contributed by atoms with Gasteiger partial charge >= 0.3 is 0 Å². The van der Waals surface area contributed by atoms with Gasteiger partial charge in [-0.3, -0.25) is 9.78 Å². The number of hydrogen-bond donors (Lipinski definition) is 0. The first-order valence-electron chi connectivity index (χ1n) is 5.86. The molecule has 19 heavy (non-hydrogen) atoms. The zero-order valence-corrected chi connectivity index (χ0v) is 10.1. The van der Waals surface area contributed by atoms with Gasteiger partial charge in [0.25, 0.3) is 0 Å². The summed E-state index contributed by atoms with van der Waals surface area (Å²) in [4.78, 5) is 15.9. The van der Waals surface area contributed by atoms with E-state index in [0.29, 0.717) is 17.8 Å². The van der Waals surface area contributed by atoms with Gasteiger partial charge in [-0.2, -0.15) is 4.74 Å². The fourth-order valence-corrected chi connectivity index (χ4v) is 2.06. The highest BCUT2D eigenvalue weighted by Gasteiger charge is 2.28. The van der Waals surface area contributed by atoms with E-state index in [9.17, 15) is 10.0 Å². The van der Waals surface area contributed by atoms with Gasteiger partial charge in [-0.25, -0.2) is 0 Å². The summed E-state index contributed by atoms with van der Waals surface area (Å²) in [6, 6.07) is 5.53. The topological polar surface area (TPSA) is 61.0 Å². The minimum Gasteiger partial charge on any atom is -0.618 e. The van der Waals surface area contributed by atoms with Crippen LogP contribution in [0.4, 0.5) is 0 Å². The number of allylic oxidation sites excluding steroid dienone is 2. The Labute approximate surface area is 109 Å². The number of aromatic nitrogens is 2. The first-order chi connectivity index (χ1) is 9.25. The van der Waals surface area contributed by atoms with Gasteiger partial charge in [-0.15, -0.1) is 0 Å². The average molecular weight is 253 g/mol. The number of carbonyl (C=O) groups excluding carboxylic acids is 1. The molecule has 0 saturated heterocycles. The lowest BCUT2D eigenvalue weighted by atomic mass is 9.99. The maximum absolute atomic E-state index is 11.8. The molecule has 1 aromatic heterocycles. The minimum absolute atomic E-state index is 0.145. The number of nitrogens with zero attached hydrogens (tertiary/aromatic N) is 3. The lowest BCUT2D eigenvalue weighted by molar-refractivity contribution is -0.380. The Kier molecular flexibility index (Phi) is 2.72. The van der Waals surface area contributed by atoms with Crippen LogP contribution in [0, 0.1) is 5.21 Å². The zero-order valence-electron chi connectivity index (χ0n) is 10.1. The Morgan fingerprint density at radius 1 is 1.32 bits per heavy atom. The van der Waals surface area contributed by atoms with Crippen molar-refractivity contribution in [2.24, 2.45) is 0 Å². The molecule has 0 atom stereocenters. The second kappa shape index (κ2) is 4.53. The SMILES string of the molecule is O=C1C=C[N+]([O-])=C2Cn3cccccncc3C=C12. The molecule has 0 fully saturated rings. The summed E-state index contributed by atoms with van der Waals surface area (Å²) < 4.78 is 2.62. The summed E-state index contributed by atoms with van der Waals surface area (Å²) in [5.74, 6) is -0.145. The zero-order chi connectivity index (χ0) is 13.2. The maximum Gasteiger partial charge on any atom is 0.223 e. The molecule has 2 aliphatic rings. The standard InChI is InChI=1S/C14H11N3O2/c18-14-4-7-17(19)13-10-16-6-3-1-2-5-15-9-11(16)8-12(13)14/h1-9H,10H2. The van der Waals surface area contributed by atoms with E-state index in [1.807, 2.05) is 29.0 Å². The Balaban J connectivity index is 2.24. The van der Waals surface area contributed by atoms with Crippen molar-refractivity contribution in [1.29, 1.82) is 0 Å². The summed E-state index contributed by atoms with van der Waals surface area (Å²) in [5.41, 5.74) is 1.68. The number of hydrogen-bond acceptors (Lipinski definition) is 3. The molecule has 0 bridgehead atoms. The van der Waals surface area contributed by atoms with Gasteiger partial charge in [0.1, 0.15) is 6.54 Å². The monoisotopic (exact) mass is 253 g/mol. The Bertz CT molecular complexity index is 694. The molecule has 3 heterocycles. The van der Waals surface area contributed by atoms with Gasteiger partial charge in [0, 0.05) is 12.4 Å². The van der Waals surface area contributed by atoms with Crippen molar-refractivity contribution in [2.45, 2.75) is 6.54 Å². The van der Waals surface area contributed by atoms with Crippen molar-refractivity contribution >= 4 is 17.6 Å². The molecule has 5 nitrogen and oxygen atoms in total. The van der Waals surface area contributed by atoms with Crippen LogP contribution >= 0.6 is 0 Å². The van der Waals surface area contributed by atoms with Crippen LogP contribution in [0.3, 0.4) is 0 Å². The summed E-state index contributed by atoms with van der Waals surface area (Å²) >= 11 is 0. The number of hydroxylamine groups is 1. The Morgan fingerprint density at radius 3 is 3.11 bits per heavy atom. The predicted octanol–water partition coefficient (Wildman–Crippen LogP) is 1.45. The molecular formula is C14H11N3O2.